The molecule has 1 N–H and O–H groups in total. The highest BCUT2D eigenvalue weighted by Gasteiger charge is 2.15. The molecule has 1 heterocycles. The van der Waals surface area contributed by atoms with E-state index in [1.165, 1.54) is 5.56 Å². The fourth-order valence-corrected chi connectivity index (χ4v) is 2.37. The van der Waals surface area contributed by atoms with E-state index in [2.05, 4.69) is 63.9 Å². The van der Waals surface area contributed by atoms with Crippen LogP contribution in [0, 0.1) is 6.92 Å². The lowest BCUT2D eigenvalue weighted by atomic mass is 10.1. The third-order valence-corrected chi connectivity index (χ3v) is 3.40. The summed E-state index contributed by atoms with van der Waals surface area (Å²) < 4.78 is 5.28. The highest BCUT2D eigenvalue weighted by molar-refractivity contribution is 5.43. The average Bonchev–Trinajstić information content (AvgIpc) is 2.36. The molecular formula is C17H31N3O. The first kappa shape index (κ1) is 17.9. The van der Waals surface area contributed by atoms with Crippen LogP contribution in [0.25, 0.3) is 0 Å². The molecule has 1 aromatic rings. The number of aryl methyl sites for hydroxylation is 1. The van der Waals surface area contributed by atoms with Crippen molar-refractivity contribution in [2.24, 2.45) is 0 Å². The fraction of sp³-hybridized carbons (Fsp3) is 0.706. The Morgan fingerprint density at radius 1 is 1.33 bits per heavy atom. The number of pyridine rings is 1. The number of aromatic nitrogens is 1. The van der Waals surface area contributed by atoms with Crippen molar-refractivity contribution in [2.45, 2.75) is 59.7 Å². The molecule has 0 spiro atoms. The Morgan fingerprint density at radius 2 is 2.00 bits per heavy atom. The second-order valence-corrected chi connectivity index (χ2v) is 6.67. The number of hydrogen-bond donors (Lipinski definition) is 1. The van der Waals surface area contributed by atoms with Crippen LogP contribution in [0.3, 0.4) is 0 Å². The van der Waals surface area contributed by atoms with Gasteiger partial charge in [0, 0.05) is 31.4 Å². The lowest BCUT2D eigenvalue weighted by molar-refractivity contribution is 0.181. The number of nitrogens with one attached hydrogen (secondary N) is 1. The van der Waals surface area contributed by atoms with Crippen molar-refractivity contribution in [1.29, 1.82) is 0 Å². The van der Waals surface area contributed by atoms with E-state index in [1.54, 1.807) is 7.11 Å². The van der Waals surface area contributed by atoms with Crippen LogP contribution >= 0.6 is 0 Å². The molecule has 0 aromatic carbocycles. The first-order valence-electron chi connectivity index (χ1n) is 7.75. The van der Waals surface area contributed by atoms with Crippen molar-refractivity contribution >= 4 is 5.82 Å². The smallest absolute Gasteiger partial charge is 0.129 e. The Kier molecular flexibility index (Phi) is 6.62. The second-order valence-electron chi connectivity index (χ2n) is 6.67. The van der Waals surface area contributed by atoms with Crippen LogP contribution < -0.4 is 10.2 Å². The Morgan fingerprint density at radius 3 is 2.52 bits per heavy atom. The maximum atomic E-state index is 5.28. The highest BCUT2D eigenvalue weighted by Crippen LogP contribution is 2.18. The summed E-state index contributed by atoms with van der Waals surface area (Å²) in [6.07, 6.45) is 0. The van der Waals surface area contributed by atoms with E-state index in [1.807, 2.05) is 0 Å². The van der Waals surface area contributed by atoms with Crippen LogP contribution in [-0.4, -0.2) is 36.8 Å². The number of likely N-dealkylation sites (N-methyl/N-ethyl adjacent to an activating group) is 1. The molecule has 4 nitrogen and oxygen atoms in total. The number of rotatable bonds is 7. The van der Waals surface area contributed by atoms with Gasteiger partial charge >= 0.3 is 0 Å². The zero-order valence-electron chi connectivity index (χ0n) is 14.7. The maximum Gasteiger partial charge on any atom is 0.129 e. The van der Waals surface area contributed by atoms with Gasteiger partial charge < -0.3 is 15.0 Å². The molecule has 0 aliphatic rings. The van der Waals surface area contributed by atoms with Gasteiger partial charge in [0.15, 0.2) is 0 Å². The number of hydrogen-bond acceptors (Lipinski definition) is 4. The molecule has 1 rings (SSSR count). The van der Waals surface area contributed by atoms with Crippen LogP contribution in [0.1, 0.15) is 45.9 Å². The van der Waals surface area contributed by atoms with Crippen molar-refractivity contribution in [1.82, 2.24) is 10.3 Å². The van der Waals surface area contributed by atoms with E-state index in [9.17, 15) is 0 Å². The van der Waals surface area contributed by atoms with Crippen LogP contribution in [-0.2, 0) is 11.3 Å². The number of ether oxygens (including phenoxy) is 1. The summed E-state index contributed by atoms with van der Waals surface area (Å²) in [7, 11) is 1.74. The standard InChI is InChI=1S/C17H31N3O/c1-8-20(14(3)12-21-7)16-10-15(9-13(2)19-16)11-18-17(4,5)6/h9-10,14,18H,8,11-12H2,1-7H3. The zero-order chi connectivity index (χ0) is 16.0. The molecule has 0 bridgehead atoms. The van der Waals surface area contributed by atoms with Gasteiger partial charge in [0.05, 0.1) is 12.6 Å². The average molecular weight is 293 g/mol. The molecule has 4 heteroatoms. The van der Waals surface area contributed by atoms with E-state index < -0.39 is 0 Å². The highest BCUT2D eigenvalue weighted by atomic mass is 16.5. The topological polar surface area (TPSA) is 37.4 Å². The lowest BCUT2D eigenvalue weighted by Gasteiger charge is -2.29. The van der Waals surface area contributed by atoms with E-state index in [0.29, 0.717) is 12.6 Å². The molecule has 21 heavy (non-hydrogen) atoms. The Bertz CT molecular complexity index is 440. The molecule has 0 fully saturated rings. The number of nitrogens with zero attached hydrogens (tertiary/aromatic N) is 2. The Labute approximate surface area is 129 Å². The van der Waals surface area contributed by atoms with Crippen molar-refractivity contribution in [3.8, 4) is 0 Å². The monoisotopic (exact) mass is 293 g/mol. The van der Waals surface area contributed by atoms with Crippen molar-refractivity contribution in [2.75, 3.05) is 25.2 Å². The van der Waals surface area contributed by atoms with Gasteiger partial charge in [0.2, 0.25) is 0 Å². The van der Waals surface area contributed by atoms with Gasteiger partial charge in [0.25, 0.3) is 0 Å². The zero-order valence-corrected chi connectivity index (χ0v) is 14.7. The minimum atomic E-state index is 0.116. The molecule has 1 atom stereocenters. The van der Waals surface area contributed by atoms with Crippen LogP contribution in [0.2, 0.25) is 0 Å². The van der Waals surface area contributed by atoms with Gasteiger partial charge in [-0.15, -0.1) is 0 Å². The molecule has 0 amide bonds. The molecular weight excluding hydrogens is 262 g/mol. The molecule has 0 saturated heterocycles. The van der Waals surface area contributed by atoms with Crippen LogP contribution in [0.4, 0.5) is 5.82 Å². The van der Waals surface area contributed by atoms with E-state index in [-0.39, 0.29) is 5.54 Å². The number of anilines is 1. The summed E-state index contributed by atoms with van der Waals surface area (Å²) >= 11 is 0. The Balaban J connectivity index is 2.94. The fourth-order valence-electron chi connectivity index (χ4n) is 2.37. The summed E-state index contributed by atoms with van der Waals surface area (Å²) in [4.78, 5) is 6.98. The van der Waals surface area contributed by atoms with Crippen molar-refractivity contribution in [3.63, 3.8) is 0 Å². The van der Waals surface area contributed by atoms with E-state index in [0.717, 1.165) is 24.6 Å². The molecule has 1 aromatic heterocycles. The summed E-state index contributed by atoms with van der Waals surface area (Å²) in [6, 6.07) is 4.65. The van der Waals surface area contributed by atoms with Crippen molar-refractivity contribution in [3.05, 3.63) is 23.4 Å². The first-order chi connectivity index (χ1) is 9.76. The van der Waals surface area contributed by atoms with Gasteiger partial charge in [-0.3, -0.25) is 0 Å². The maximum absolute atomic E-state index is 5.28. The summed E-state index contributed by atoms with van der Waals surface area (Å²) in [6.45, 7) is 15.4. The molecule has 1 unspecified atom stereocenters. The predicted molar refractivity (Wildman–Crippen MR) is 89.9 cm³/mol. The minimum absolute atomic E-state index is 0.116. The van der Waals surface area contributed by atoms with Crippen LogP contribution in [0.15, 0.2) is 12.1 Å². The molecule has 0 aliphatic heterocycles. The van der Waals surface area contributed by atoms with E-state index in [4.69, 9.17) is 9.72 Å². The van der Waals surface area contributed by atoms with Gasteiger partial charge in [-0.2, -0.15) is 0 Å². The summed E-state index contributed by atoms with van der Waals surface area (Å²) in [5, 5.41) is 3.53. The van der Waals surface area contributed by atoms with Gasteiger partial charge in [-0.25, -0.2) is 4.98 Å². The quantitative estimate of drug-likeness (QED) is 0.838. The largest absolute Gasteiger partial charge is 0.383 e. The third-order valence-electron chi connectivity index (χ3n) is 3.40. The van der Waals surface area contributed by atoms with Gasteiger partial charge in [-0.1, -0.05) is 0 Å². The minimum Gasteiger partial charge on any atom is -0.383 e. The van der Waals surface area contributed by atoms with E-state index >= 15 is 0 Å². The second kappa shape index (κ2) is 7.76. The molecule has 0 radical (unpaired) electrons. The first-order valence-corrected chi connectivity index (χ1v) is 7.75. The normalized spacial score (nSPS) is 13.3. The Hall–Kier alpha value is -1.13. The molecule has 0 saturated carbocycles. The van der Waals surface area contributed by atoms with Crippen molar-refractivity contribution < 1.29 is 4.74 Å². The van der Waals surface area contributed by atoms with Gasteiger partial charge in [-0.05, 0) is 59.2 Å². The number of methoxy groups -OCH3 is 1. The molecule has 120 valence electrons. The summed E-state index contributed by atoms with van der Waals surface area (Å²) in [5.41, 5.74) is 2.45. The van der Waals surface area contributed by atoms with Gasteiger partial charge in [0.1, 0.15) is 5.82 Å². The summed E-state index contributed by atoms with van der Waals surface area (Å²) in [5.74, 6) is 1.03. The lowest BCUT2D eigenvalue weighted by Crippen LogP contribution is -2.37. The SMILES string of the molecule is CCN(c1cc(CNC(C)(C)C)cc(C)n1)C(C)COC. The third kappa shape index (κ3) is 6.02. The predicted octanol–water partition coefficient (Wildman–Crippen LogP) is 3.14. The van der Waals surface area contributed by atoms with Crippen LogP contribution in [0.5, 0.6) is 0 Å². The molecule has 0 aliphatic carbocycles.